The second-order valence-electron chi connectivity index (χ2n) is 4.06. The zero-order valence-electron chi connectivity index (χ0n) is 8.17. The molecule has 0 aromatic heterocycles. The van der Waals surface area contributed by atoms with Gasteiger partial charge in [0.25, 0.3) is 0 Å². The van der Waals surface area contributed by atoms with Gasteiger partial charge in [-0.15, -0.1) is 0 Å². The highest BCUT2D eigenvalue weighted by Crippen LogP contribution is 2.33. The summed E-state index contributed by atoms with van der Waals surface area (Å²) in [5.74, 6) is 0.764. The van der Waals surface area contributed by atoms with Crippen molar-refractivity contribution < 1.29 is 4.74 Å². The summed E-state index contributed by atoms with van der Waals surface area (Å²) < 4.78 is 5.73. The molecule has 0 amide bonds. The number of rotatable bonds is 2. The third-order valence-electron chi connectivity index (χ3n) is 3.24. The van der Waals surface area contributed by atoms with Gasteiger partial charge >= 0.3 is 0 Å². The van der Waals surface area contributed by atoms with Crippen LogP contribution in [-0.4, -0.2) is 12.7 Å². The van der Waals surface area contributed by atoms with Crippen LogP contribution in [0.4, 0.5) is 0 Å². The average Bonchev–Trinajstić information content (AvgIpc) is 2.67. The molecule has 0 spiro atoms. The minimum absolute atomic E-state index is 0.373. The quantitative estimate of drug-likeness (QED) is 0.631. The first-order valence-corrected chi connectivity index (χ1v) is 5.36. The summed E-state index contributed by atoms with van der Waals surface area (Å²) in [5.41, 5.74) is 1.33. The highest BCUT2D eigenvalue weighted by atomic mass is 16.5. The van der Waals surface area contributed by atoms with E-state index in [1.165, 1.54) is 37.7 Å². The lowest BCUT2D eigenvalue weighted by Crippen LogP contribution is -2.24. The van der Waals surface area contributed by atoms with Crippen LogP contribution >= 0.6 is 0 Å². The molecule has 1 nitrogen and oxygen atoms in total. The van der Waals surface area contributed by atoms with E-state index in [4.69, 9.17) is 4.74 Å². The fourth-order valence-electron chi connectivity index (χ4n) is 2.51. The van der Waals surface area contributed by atoms with Gasteiger partial charge in [0.2, 0.25) is 0 Å². The molecule has 72 valence electrons. The molecule has 0 radical (unpaired) electrons. The van der Waals surface area contributed by atoms with E-state index < -0.39 is 0 Å². The van der Waals surface area contributed by atoms with Gasteiger partial charge in [-0.05, 0) is 24.3 Å². The molecule has 2 rings (SSSR count). The van der Waals surface area contributed by atoms with Crippen LogP contribution < -0.4 is 0 Å². The minimum atomic E-state index is 0.373. The molecule has 1 heteroatoms. The molecule has 1 unspecified atom stereocenters. The lowest BCUT2D eigenvalue weighted by Gasteiger charge is -2.27. The Morgan fingerprint density at radius 3 is 2.77 bits per heavy atom. The fraction of sp³-hybridized carbons (Fsp3) is 0.667. The van der Waals surface area contributed by atoms with Crippen molar-refractivity contribution in [3.63, 3.8) is 0 Å². The highest BCUT2D eigenvalue weighted by molar-refractivity contribution is 5.25. The molecule has 1 heterocycles. The van der Waals surface area contributed by atoms with Crippen LogP contribution in [-0.2, 0) is 4.74 Å². The Hall–Kier alpha value is -0.560. The Balaban J connectivity index is 1.99. The molecule has 1 aliphatic heterocycles. The Morgan fingerprint density at radius 1 is 1.31 bits per heavy atom. The van der Waals surface area contributed by atoms with Gasteiger partial charge in [-0.2, -0.15) is 0 Å². The minimum Gasteiger partial charge on any atom is -0.369 e. The molecule has 1 saturated carbocycles. The van der Waals surface area contributed by atoms with E-state index in [9.17, 15) is 0 Å². The van der Waals surface area contributed by atoms with Crippen molar-refractivity contribution >= 4 is 0 Å². The van der Waals surface area contributed by atoms with Crippen LogP contribution in [0.2, 0.25) is 0 Å². The van der Waals surface area contributed by atoms with Crippen LogP contribution in [0.15, 0.2) is 24.3 Å². The summed E-state index contributed by atoms with van der Waals surface area (Å²) in [6.45, 7) is 4.63. The topological polar surface area (TPSA) is 9.23 Å². The Labute approximate surface area is 80.5 Å². The molecule has 1 aliphatic carbocycles. The third-order valence-corrected chi connectivity index (χ3v) is 3.24. The predicted molar refractivity (Wildman–Crippen MR) is 54.6 cm³/mol. The van der Waals surface area contributed by atoms with Crippen LogP contribution in [0.3, 0.4) is 0 Å². The smallest absolute Gasteiger partial charge is 0.0854 e. The van der Waals surface area contributed by atoms with E-state index >= 15 is 0 Å². The summed E-state index contributed by atoms with van der Waals surface area (Å²) in [6, 6.07) is 0. The van der Waals surface area contributed by atoms with Gasteiger partial charge in [0, 0.05) is 0 Å². The summed E-state index contributed by atoms with van der Waals surface area (Å²) in [7, 11) is 0. The summed E-state index contributed by atoms with van der Waals surface area (Å²) in [4.78, 5) is 0. The number of hydrogen-bond acceptors (Lipinski definition) is 1. The van der Waals surface area contributed by atoms with Crippen molar-refractivity contribution in [2.75, 3.05) is 6.61 Å². The van der Waals surface area contributed by atoms with Gasteiger partial charge in [0.1, 0.15) is 0 Å². The van der Waals surface area contributed by atoms with Crippen molar-refractivity contribution in [3.05, 3.63) is 24.3 Å². The van der Waals surface area contributed by atoms with Crippen molar-refractivity contribution in [3.8, 4) is 0 Å². The van der Waals surface area contributed by atoms with Gasteiger partial charge in [-0.3, -0.25) is 0 Å². The van der Waals surface area contributed by atoms with Gasteiger partial charge in [0.15, 0.2) is 0 Å². The monoisotopic (exact) mass is 178 g/mol. The maximum absolute atomic E-state index is 5.73. The molecule has 1 fully saturated rings. The Kier molecular flexibility index (Phi) is 2.84. The molecule has 0 aromatic rings. The second-order valence-corrected chi connectivity index (χ2v) is 4.06. The second kappa shape index (κ2) is 4.10. The van der Waals surface area contributed by atoms with Crippen molar-refractivity contribution in [1.82, 2.24) is 0 Å². The van der Waals surface area contributed by atoms with Gasteiger partial charge in [-0.1, -0.05) is 38.0 Å². The van der Waals surface area contributed by atoms with Gasteiger partial charge in [0.05, 0.1) is 12.7 Å². The van der Waals surface area contributed by atoms with Crippen LogP contribution in [0.25, 0.3) is 0 Å². The standard InChI is InChI=1S/C12H18O/c1-2-10-8-9-13-12(10)11-6-4-3-5-7-11/h2,8,11-12H,1,3-7,9H2. The van der Waals surface area contributed by atoms with Crippen molar-refractivity contribution in [2.45, 2.75) is 38.2 Å². The van der Waals surface area contributed by atoms with Crippen LogP contribution in [0.5, 0.6) is 0 Å². The predicted octanol–water partition coefficient (Wildman–Crippen LogP) is 3.08. The molecule has 1 atom stereocenters. The lowest BCUT2D eigenvalue weighted by molar-refractivity contribution is 0.0605. The van der Waals surface area contributed by atoms with Gasteiger partial charge < -0.3 is 4.74 Å². The largest absolute Gasteiger partial charge is 0.369 e. The zero-order valence-corrected chi connectivity index (χ0v) is 8.17. The van der Waals surface area contributed by atoms with E-state index in [0.29, 0.717) is 6.10 Å². The van der Waals surface area contributed by atoms with Crippen molar-refractivity contribution in [1.29, 1.82) is 0 Å². The number of hydrogen-bond donors (Lipinski definition) is 0. The molecular weight excluding hydrogens is 160 g/mol. The van der Waals surface area contributed by atoms with Crippen molar-refractivity contribution in [2.24, 2.45) is 5.92 Å². The van der Waals surface area contributed by atoms with Gasteiger partial charge in [-0.25, -0.2) is 0 Å². The average molecular weight is 178 g/mol. The zero-order chi connectivity index (χ0) is 9.10. The van der Waals surface area contributed by atoms with E-state index in [2.05, 4.69) is 12.7 Å². The first-order chi connectivity index (χ1) is 6.42. The number of ether oxygens (including phenoxy) is 1. The molecule has 2 aliphatic rings. The van der Waals surface area contributed by atoms with E-state index in [-0.39, 0.29) is 0 Å². The molecule has 0 N–H and O–H groups in total. The normalized spacial score (nSPS) is 30.2. The summed E-state index contributed by atoms with van der Waals surface area (Å²) in [6.07, 6.45) is 11.4. The maximum Gasteiger partial charge on any atom is 0.0854 e. The van der Waals surface area contributed by atoms with E-state index in [1.54, 1.807) is 0 Å². The summed E-state index contributed by atoms with van der Waals surface area (Å²) >= 11 is 0. The first kappa shape index (κ1) is 9.01. The van der Waals surface area contributed by atoms with Crippen LogP contribution in [0, 0.1) is 5.92 Å². The van der Waals surface area contributed by atoms with E-state index in [1.807, 2.05) is 6.08 Å². The first-order valence-electron chi connectivity index (χ1n) is 5.36. The lowest BCUT2D eigenvalue weighted by atomic mass is 9.83. The van der Waals surface area contributed by atoms with E-state index in [0.717, 1.165) is 12.5 Å². The fourth-order valence-corrected chi connectivity index (χ4v) is 2.51. The maximum atomic E-state index is 5.73. The molecule has 0 aromatic carbocycles. The Morgan fingerprint density at radius 2 is 2.08 bits per heavy atom. The highest BCUT2D eigenvalue weighted by Gasteiger charge is 2.28. The molecule has 0 saturated heterocycles. The third kappa shape index (κ3) is 1.86. The molecular formula is C12H18O. The molecule has 0 bridgehead atoms. The van der Waals surface area contributed by atoms with Crippen LogP contribution in [0.1, 0.15) is 32.1 Å². The SMILES string of the molecule is C=CC1=CCOC1C1CCCCC1. The Bertz CT molecular complexity index is 211. The summed E-state index contributed by atoms with van der Waals surface area (Å²) in [5, 5.41) is 0. The molecule has 13 heavy (non-hydrogen) atoms.